The van der Waals surface area contributed by atoms with Crippen LogP contribution in [-0.2, 0) is 6.42 Å². The van der Waals surface area contributed by atoms with E-state index in [0.29, 0.717) is 5.56 Å². The smallest absolute Gasteiger partial charge is 0.337 e. The Hall–Kier alpha value is -2.39. The van der Waals surface area contributed by atoms with Crippen LogP contribution < -0.4 is 0 Å². The Morgan fingerprint density at radius 1 is 0.952 bits per heavy atom. The molecule has 0 atom stereocenters. The quantitative estimate of drug-likeness (QED) is 0.582. The van der Waals surface area contributed by atoms with Gasteiger partial charge in [-0.1, -0.05) is 42.5 Å². The lowest BCUT2D eigenvalue weighted by Crippen LogP contribution is -1.96. The molecular weight excluding hydrogens is 280 g/mol. The highest BCUT2D eigenvalue weighted by Gasteiger charge is 2.19. The molecule has 0 radical (unpaired) electrons. The zero-order valence-electron chi connectivity index (χ0n) is 11.2. The molecule has 1 aromatic heterocycles. The van der Waals surface area contributed by atoms with Gasteiger partial charge < -0.3 is 5.11 Å². The van der Waals surface area contributed by atoms with Crippen LogP contribution in [0.15, 0.2) is 53.2 Å². The van der Waals surface area contributed by atoms with Crippen molar-refractivity contribution in [2.75, 3.05) is 0 Å². The lowest BCUT2D eigenvalue weighted by Gasteiger charge is -2.05. The van der Waals surface area contributed by atoms with E-state index >= 15 is 0 Å². The van der Waals surface area contributed by atoms with Crippen LogP contribution in [0.2, 0.25) is 0 Å². The summed E-state index contributed by atoms with van der Waals surface area (Å²) in [5, 5.41) is 12.9. The van der Waals surface area contributed by atoms with Crippen molar-refractivity contribution < 1.29 is 9.90 Å². The van der Waals surface area contributed by atoms with E-state index in [4.69, 9.17) is 0 Å². The Labute approximate surface area is 126 Å². The van der Waals surface area contributed by atoms with E-state index in [1.54, 1.807) is 5.38 Å². The highest BCUT2D eigenvalue weighted by Crippen LogP contribution is 2.39. The number of carbonyl (C=O) groups is 1. The zero-order chi connectivity index (χ0) is 14.4. The fourth-order valence-electron chi connectivity index (χ4n) is 3.00. The summed E-state index contributed by atoms with van der Waals surface area (Å²) in [4.78, 5) is 11.3. The molecule has 102 valence electrons. The second-order valence-electron chi connectivity index (χ2n) is 5.21. The van der Waals surface area contributed by atoms with Gasteiger partial charge in [-0.05, 0) is 39.6 Å². The molecule has 2 nitrogen and oxygen atoms in total. The molecule has 21 heavy (non-hydrogen) atoms. The summed E-state index contributed by atoms with van der Waals surface area (Å²) < 4.78 is 0. The summed E-state index contributed by atoms with van der Waals surface area (Å²) in [5.41, 5.74) is 7.36. The number of hydrogen-bond acceptors (Lipinski definition) is 2. The first kappa shape index (κ1) is 12.4. The number of benzene rings is 2. The molecule has 1 aliphatic carbocycles. The summed E-state index contributed by atoms with van der Waals surface area (Å²) in [5.74, 6) is -0.866. The minimum Gasteiger partial charge on any atom is -0.478 e. The molecule has 0 bridgehead atoms. The molecule has 1 N–H and O–H groups in total. The molecule has 3 aromatic rings. The van der Waals surface area contributed by atoms with Crippen LogP contribution in [0.3, 0.4) is 0 Å². The molecule has 0 saturated carbocycles. The van der Waals surface area contributed by atoms with Crippen LogP contribution in [0.25, 0.3) is 22.3 Å². The molecule has 0 aliphatic heterocycles. The largest absolute Gasteiger partial charge is 0.478 e. The molecule has 3 heteroatoms. The van der Waals surface area contributed by atoms with Gasteiger partial charge in [-0.25, -0.2) is 4.79 Å². The van der Waals surface area contributed by atoms with Crippen molar-refractivity contribution in [1.29, 1.82) is 0 Å². The van der Waals surface area contributed by atoms with Gasteiger partial charge >= 0.3 is 5.97 Å². The molecule has 0 unspecified atom stereocenters. The first-order valence-electron chi connectivity index (χ1n) is 6.75. The molecule has 0 spiro atoms. The van der Waals surface area contributed by atoms with Gasteiger partial charge in [0.05, 0.1) is 5.56 Å². The number of fused-ring (bicyclic) bond motifs is 3. The maximum Gasteiger partial charge on any atom is 0.337 e. The average molecular weight is 292 g/mol. The molecule has 0 saturated heterocycles. The highest BCUT2D eigenvalue weighted by atomic mass is 32.1. The van der Waals surface area contributed by atoms with E-state index in [1.165, 1.54) is 33.6 Å². The summed E-state index contributed by atoms with van der Waals surface area (Å²) in [6, 6.07) is 14.7. The third kappa shape index (κ3) is 1.89. The predicted octanol–water partition coefficient (Wildman–Crippen LogP) is 4.68. The van der Waals surface area contributed by atoms with Crippen LogP contribution in [0.1, 0.15) is 21.5 Å². The van der Waals surface area contributed by atoms with Crippen molar-refractivity contribution in [3.8, 4) is 22.3 Å². The number of carboxylic acid groups (broad SMARTS) is 1. The molecular formula is C18H12O2S. The van der Waals surface area contributed by atoms with Crippen LogP contribution in [0.4, 0.5) is 0 Å². The normalized spacial score (nSPS) is 12.0. The fourth-order valence-corrected chi connectivity index (χ4v) is 3.83. The summed E-state index contributed by atoms with van der Waals surface area (Å²) in [7, 11) is 0. The molecule has 0 amide bonds. The van der Waals surface area contributed by atoms with Crippen LogP contribution >= 0.6 is 11.3 Å². The van der Waals surface area contributed by atoms with Crippen molar-refractivity contribution in [1.82, 2.24) is 0 Å². The van der Waals surface area contributed by atoms with E-state index in [9.17, 15) is 9.90 Å². The number of thiophene rings is 1. The van der Waals surface area contributed by atoms with E-state index < -0.39 is 5.97 Å². The van der Waals surface area contributed by atoms with Gasteiger partial charge in [0.15, 0.2) is 0 Å². The van der Waals surface area contributed by atoms with Gasteiger partial charge in [-0.15, -0.1) is 0 Å². The minimum atomic E-state index is -0.866. The zero-order valence-corrected chi connectivity index (χ0v) is 12.0. The Balaban J connectivity index is 1.83. The summed E-state index contributed by atoms with van der Waals surface area (Å²) in [6.07, 6.45) is 0.923. The van der Waals surface area contributed by atoms with Crippen LogP contribution in [-0.4, -0.2) is 11.1 Å². The van der Waals surface area contributed by atoms with Gasteiger partial charge in [0.25, 0.3) is 0 Å². The first-order valence-corrected chi connectivity index (χ1v) is 7.69. The standard InChI is InChI=1S/C18H12O2S/c19-18(20)17-10-21-9-16(17)12-5-6-15-13(8-12)7-11-3-1-2-4-14(11)15/h1-6,8-10H,7H2,(H,19,20). The highest BCUT2D eigenvalue weighted by molar-refractivity contribution is 7.08. The van der Waals surface area contributed by atoms with E-state index in [1.807, 2.05) is 11.4 Å². The monoisotopic (exact) mass is 292 g/mol. The lowest BCUT2D eigenvalue weighted by atomic mass is 9.99. The van der Waals surface area contributed by atoms with Gasteiger partial charge in [0, 0.05) is 10.9 Å². The van der Waals surface area contributed by atoms with E-state index in [2.05, 4.69) is 36.4 Å². The first-order chi connectivity index (χ1) is 10.2. The maximum absolute atomic E-state index is 11.3. The third-order valence-electron chi connectivity index (χ3n) is 4.00. The molecule has 1 aliphatic rings. The van der Waals surface area contributed by atoms with Gasteiger partial charge in [0.1, 0.15) is 0 Å². The van der Waals surface area contributed by atoms with Gasteiger partial charge in [0.2, 0.25) is 0 Å². The Morgan fingerprint density at radius 2 is 1.76 bits per heavy atom. The molecule has 4 rings (SSSR count). The Bertz CT molecular complexity index is 861. The van der Waals surface area contributed by atoms with Crippen molar-refractivity contribution >= 4 is 17.3 Å². The topological polar surface area (TPSA) is 37.3 Å². The van der Waals surface area contributed by atoms with Gasteiger partial charge in [-0.2, -0.15) is 11.3 Å². The number of rotatable bonds is 2. The van der Waals surface area contributed by atoms with Crippen molar-refractivity contribution in [2.45, 2.75) is 6.42 Å². The van der Waals surface area contributed by atoms with Crippen molar-refractivity contribution in [2.24, 2.45) is 0 Å². The fraction of sp³-hybridized carbons (Fsp3) is 0.0556. The minimum absolute atomic E-state index is 0.385. The number of hydrogen-bond donors (Lipinski definition) is 1. The Morgan fingerprint density at radius 3 is 2.62 bits per heavy atom. The number of aromatic carboxylic acids is 1. The molecule has 2 aromatic carbocycles. The average Bonchev–Trinajstić information content (AvgIpc) is 3.11. The summed E-state index contributed by atoms with van der Waals surface area (Å²) >= 11 is 1.43. The van der Waals surface area contributed by atoms with Gasteiger partial charge in [-0.3, -0.25) is 0 Å². The predicted molar refractivity (Wildman–Crippen MR) is 85.0 cm³/mol. The lowest BCUT2D eigenvalue weighted by molar-refractivity contribution is 0.0698. The second kappa shape index (κ2) is 4.57. The van der Waals surface area contributed by atoms with Crippen molar-refractivity contribution in [3.63, 3.8) is 0 Å². The third-order valence-corrected chi connectivity index (χ3v) is 4.74. The van der Waals surface area contributed by atoms with E-state index in [-0.39, 0.29) is 0 Å². The summed E-state index contributed by atoms with van der Waals surface area (Å²) in [6.45, 7) is 0. The Kier molecular flexibility index (Phi) is 2.69. The maximum atomic E-state index is 11.3. The number of carboxylic acids is 1. The van der Waals surface area contributed by atoms with Crippen LogP contribution in [0, 0.1) is 0 Å². The molecule has 0 fully saturated rings. The second-order valence-corrected chi connectivity index (χ2v) is 5.95. The van der Waals surface area contributed by atoms with E-state index in [0.717, 1.165) is 17.5 Å². The van der Waals surface area contributed by atoms with Crippen LogP contribution in [0.5, 0.6) is 0 Å². The molecule has 1 heterocycles. The SMILES string of the molecule is O=C(O)c1cscc1-c1ccc2c(c1)Cc1ccccc1-2. The van der Waals surface area contributed by atoms with Crippen molar-refractivity contribution in [3.05, 3.63) is 69.9 Å².